The average Bonchev–Trinajstić information content (AvgIpc) is 2.93. The standard InChI is InChI=1S/C15H27NO6.C12H26N2O9P2/c1-6-15(4,5)13(17)19-9-10-20-14(18)16-7-8-21-22-11-12(2)3;1-4-12(2,3)10(15)23-6-5-13-11(16)14-9(7-24(17,18)19)8-25(20,21)22/h2,6-11H2,1,3-5H3,(H,16,18);9H,4-8H2,1-3H3,(H2,13,14,16)(H2,17,18,19)(H2,20,21,22). The van der Waals surface area contributed by atoms with Crippen LogP contribution in [0.4, 0.5) is 9.59 Å². The van der Waals surface area contributed by atoms with Gasteiger partial charge in [0.1, 0.15) is 26.4 Å². The molecular formula is C27H53N3O15P2. The molecule has 7 N–H and O–H groups in total. The molecule has 0 aliphatic carbocycles. The van der Waals surface area contributed by atoms with Gasteiger partial charge < -0.3 is 49.7 Å². The Hall–Kier alpha value is -2.56. The monoisotopic (exact) mass is 721 g/mol. The summed E-state index contributed by atoms with van der Waals surface area (Å²) in [6.45, 7) is 16.8. The molecule has 0 saturated heterocycles. The lowest BCUT2D eigenvalue weighted by Crippen LogP contribution is -2.46. The number of hydrogen-bond acceptors (Lipinski definition) is 11. The van der Waals surface area contributed by atoms with E-state index in [1.807, 2.05) is 20.8 Å². The van der Waals surface area contributed by atoms with Gasteiger partial charge in [-0.15, -0.1) is 0 Å². The van der Waals surface area contributed by atoms with Crippen LogP contribution in [0.3, 0.4) is 0 Å². The van der Waals surface area contributed by atoms with E-state index in [4.69, 9.17) is 43.6 Å². The molecule has 20 heteroatoms. The molecule has 0 aromatic carbocycles. The number of alkyl carbamates (subject to hydrolysis) is 1. The van der Waals surface area contributed by atoms with E-state index in [1.165, 1.54) is 0 Å². The molecule has 0 heterocycles. The summed E-state index contributed by atoms with van der Waals surface area (Å²) in [5, 5.41) is 6.83. The van der Waals surface area contributed by atoms with E-state index < -0.39 is 62.5 Å². The van der Waals surface area contributed by atoms with Crippen molar-refractivity contribution >= 4 is 39.3 Å². The zero-order chi connectivity index (χ0) is 36.9. The van der Waals surface area contributed by atoms with Gasteiger partial charge >= 0.3 is 39.3 Å². The molecule has 0 fully saturated rings. The van der Waals surface area contributed by atoms with Gasteiger partial charge in [-0.2, -0.15) is 0 Å². The minimum atomic E-state index is -4.59. The van der Waals surface area contributed by atoms with Crippen molar-refractivity contribution in [1.29, 1.82) is 0 Å². The molecule has 0 aromatic rings. The summed E-state index contributed by atoms with van der Waals surface area (Å²) >= 11 is 0. The Balaban J connectivity index is 0. The Bertz CT molecular complexity index is 1070. The van der Waals surface area contributed by atoms with Crippen LogP contribution in [-0.4, -0.2) is 108 Å². The van der Waals surface area contributed by atoms with Gasteiger partial charge in [0.2, 0.25) is 0 Å². The number of esters is 2. The molecule has 0 unspecified atom stereocenters. The fraction of sp³-hybridized carbons (Fsp3) is 0.778. The second kappa shape index (κ2) is 22.9. The van der Waals surface area contributed by atoms with Crippen LogP contribution >= 0.6 is 15.2 Å². The van der Waals surface area contributed by atoms with E-state index in [9.17, 15) is 28.3 Å². The van der Waals surface area contributed by atoms with Crippen LogP contribution in [-0.2, 0) is 42.7 Å². The minimum absolute atomic E-state index is 0.00435. The Morgan fingerprint density at radius 3 is 1.62 bits per heavy atom. The smallest absolute Gasteiger partial charge is 0.407 e. The van der Waals surface area contributed by atoms with Crippen molar-refractivity contribution in [1.82, 2.24) is 16.0 Å². The Labute approximate surface area is 275 Å². The van der Waals surface area contributed by atoms with Crippen LogP contribution in [0.5, 0.6) is 0 Å². The molecule has 18 nitrogen and oxygen atoms in total. The molecule has 0 aromatic heterocycles. The van der Waals surface area contributed by atoms with Gasteiger partial charge in [-0.05, 0) is 47.5 Å². The molecular weight excluding hydrogens is 668 g/mol. The highest BCUT2D eigenvalue weighted by Crippen LogP contribution is 2.40. The number of carbonyl (C=O) groups excluding carboxylic acids is 4. The van der Waals surface area contributed by atoms with Crippen molar-refractivity contribution < 1.29 is 71.9 Å². The van der Waals surface area contributed by atoms with Gasteiger partial charge in [0.05, 0.1) is 42.3 Å². The van der Waals surface area contributed by atoms with Crippen molar-refractivity contribution in [2.75, 3.05) is 58.4 Å². The first-order valence-corrected chi connectivity index (χ1v) is 18.3. The third kappa shape index (κ3) is 27.1. The van der Waals surface area contributed by atoms with Crippen LogP contribution < -0.4 is 16.0 Å². The lowest BCUT2D eigenvalue weighted by molar-refractivity contribution is -0.286. The van der Waals surface area contributed by atoms with Crippen molar-refractivity contribution in [3.8, 4) is 0 Å². The largest absolute Gasteiger partial charge is 0.463 e. The predicted octanol–water partition coefficient (Wildman–Crippen LogP) is 2.21. The van der Waals surface area contributed by atoms with Crippen molar-refractivity contribution in [3.05, 3.63) is 12.2 Å². The van der Waals surface area contributed by atoms with Gasteiger partial charge in [0.25, 0.3) is 0 Å². The lowest BCUT2D eigenvalue weighted by atomic mass is 9.91. The summed E-state index contributed by atoms with van der Waals surface area (Å²) in [7, 11) is -9.17. The predicted molar refractivity (Wildman–Crippen MR) is 170 cm³/mol. The Morgan fingerprint density at radius 1 is 0.723 bits per heavy atom. The second-order valence-electron chi connectivity index (χ2n) is 11.6. The fourth-order valence-corrected chi connectivity index (χ4v) is 4.46. The number of amides is 3. The maximum Gasteiger partial charge on any atom is 0.407 e. The molecule has 0 atom stereocenters. The summed E-state index contributed by atoms with van der Waals surface area (Å²) < 4.78 is 36.8. The normalized spacial score (nSPS) is 11.9. The SMILES string of the molecule is C=C(C)COOCCNC(=O)OCCOC(=O)C(C)(C)CC.CCC(C)(C)C(=O)OCCNC(=O)NC(CP(=O)(O)O)CP(=O)(O)O. The number of carbonyl (C=O) groups is 4. The van der Waals surface area contributed by atoms with E-state index in [-0.39, 0.29) is 45.5 Å². The summed E-state index contributed by atoms with van der Waals surface area (Å²) in [4.78, 5) is 91.5. The molecule has 0 radical (unpaired) electrons. The first-order chi connectivity index (χ1) is 21.5. The lowest BCUT2D eigenvalue weighted by Gasteiger charge is -2.21. The topological polar surface area (TPSA) is 266 Å². The van der Waals surface area contributed by atoms with Gasteiger partial charge in [-0.25, -0.2) is 19.4 Å². The van der Waals surface area contributed by atoms with E-state index in [0.29, 0.717) is 19.4 Å². The van der Waals surface area contributed by atoms with E-state index in [1.54, 1.807) is 27.7 Å². The molecule has 47 heavy (non-hydrogen) atoms. The zero-order valence-corrected chi connectivity index (χ0v) is 30.0. The van der Waals surface area contributed by atoms with Gasteiger partial charge in [0, 0.05) is 6.54 Å². The summed E-state index contributed by atoms with van der Waals surface area (Å²) in [5.74, 6) is -0.736. The van der Waals surface area contributed by atoms with Crippen LogP contribution in [0.2, 0.25) is 0 Å². The third-order valence-corrected chi connectivity index (χ3v) is 7.97. The molecule has 0 bridgehead atoms. The highest BCUT2D eigenvalue weighted by Gasteiger charge is 2.30. The molecule has 276 valence electrons. The first kappa shape index (κ1) is 46.6. The van der Waals surface area contributed by atoms with Crippen molar-refractivity contribution in [3.63, 3.8) is 0 Å². The summed E-state index contributed by atoms with van der Waals surface area (Å²) in [6, 6.07) is -2.30. The highest BCUT2D eigenvalue weighted by molar-refractivity contribution is 7.53. The maximum atomic E-state index is 11.7. The summed E-state index contributed by atoms with van der Waals surface area (Å²) in [5.41, 5.74) is -0.336. The Morgan fingerprint density at radius 2 is 1.17 bits per heavy atom. The number of nitrogens with one attached hydrogen (secondary N) is 3. The maximum absolute atomic E-state index is 11.7. The number of hydrogen-bond donors (Lipinski definition) is 7. The van der Waals surface area contributed by atoms with Gasteiger partial charge in [-0.3, -0.25) is 18.7 Å². The number of urea groups is 1. The molecule has 0 aliphatic rings. The third-order valence-electron chi connectivity index (χ3n) is 6.14. The van der Waals surface area contributed by atoms with Crippen LogP contribution in [0.25, 0.3) is 0 Å². The molecule has 0 rings (SSSR count). The van der Waals surface area contributed by atoms with Gasteiger partial charge in [-0.1, -0.05) is 26.0 Å². The highest BCUT2D eigenvalue weighted by atomic mass is 31.2. The van der Waals surface area contributed by atoms with Crippen molar-refractivity contribution in [2.45, 2.75) is 67.3 Å². The zero-order valence-electron chi connectivity index (χ0n) is 28.2. The first-order valence-electron chi connectivity index (χ1n) is 14.7. The fourth-order valence-electron chi connectivity index (χ4n) is 2.66. The molecule has 3 amide bonds. The van der Waals surface area contributed by atoms with E-state index in [2.05, 4.69) is 22.5 Å². The summed E-state index contributed by atoms with van der Waals surface area (Å²) in [6.07, 6.45) is -1.17. The average molecular weight is 722 g/mol. The van der Waals surface area contributed by atoms with Crippen LogP contribution in [0.1, 0.15) is 61.3 Å². The minimum Gasteiger partial charge on any atom is -0.463 e. The quantitative estimate of drug-likeness (QED) is 0.0170. The number of rotatable bonds is 21. The van der Waals surface area contributed by atoms with E-state index >= 15 is 0 Å². The number of ether oxygens (including phenoxy) is 3. The van der Waals surface area contributed by atoms with Crippen LogP contribution in [0.15, 0.2) is 12.2 Å². The van der Waals surface area contributed by atoms with E-state index in [0.717, 1.165) is 5.57 Å². The van der Waals surface area contributed by atoms with Crippen molar-refractivity contribution in [2.24, 2.45) is 10.8 Å². The Kier molecular flexibility index (Phi) is 22.7. The molecule has 0 saturated carbocycles. The van der Waals surface area contributed by atoms with Gasteiger partial charge in [0.15, 0.2) is 0 Å². The molecule has 0 aliphatic heterocycles. The van der Waals surface area contributed by atoms with Crippen LogP contribution in [0, 0.1) is 10.8 Å². The second-order valence-corrected chi connectivity index (χ2v) is 15.0. The molecule has 0 spiro atoms.